The lowest BCUT2D eigenvalue weighted by Crippen LogP contribution is -2.32. The van der Waals surface area contributed by atoms with Gasteiger partial charge in [-0.15, -0.1) is 0 Å². The van der Waals surface area contributed by atoms with Crippen LogP contribution >= 0.6 is 0 Å². The molecule has 3 rings (SSSR count). The lowest BCUT2D eigenvalue weighted by molar-refractivity contribution is -0.116. The Bertz CT molecular complexity index is 881. The first-order valence-electron chi connectivity index (χ1n) is 11.2. The smallest absolute Gasteiger partial charge is 0.254 e. The summed E-state index contributed by atoms with van der Waals surface area (Å²) in [6.07, 6.45) is 7.17. The normalized spacial score (nSPS) is 13.9. The number of nitrogens with zero attached hydrogens (tertiary/aromatic N) is 1. The maximum atomic E-state index is 13.6. The third kappa shape index (κ3) is 7.17. The maximum Gasteiger partial charge on any atom is 0.254 e. The second-order valence-corrected chi connectivity index (χ2v) is 8.32. The van der Waals surface area contributed by atoms with Crippen molar-refractivity contribution >= 4 is 17.5 Å². The average molecular weight is 426 g/mol. The molecule has 0 saturated heterocycles. The van der Waals surface area contributed by atoms with E-state index in [1.807, 2.05) is 24.3 Å². The first-order chi connectivity index (χ1) is 15.0. The van der Waals surface area contributed by atoms with Gasteiger partial charge in [0, 0.05) is 30.8 Å². The highest BCUT2D eigenvalue weighted by Gasteiger charge is 2.18. The molecule has 2 aromatic rings. The maximum absolute atomic E-state index is 13.6. The van der Waals surface area contributed by atoms with E-state index in [4.69, 9.17) is 5.73 Å². The number of nitrogens with two attached hydrogens (primary N) is 1. The highest BCUT2D eigenvalue weighted by molar-refractivity contribution is 5.94. The van der Waals surface area contributed by atoms with E-state index < -0.39 is 5.82 Å². The van der Waals surface area contributed by atoms with Crippen LogP contribution < -0.4 is 11.1 Å². The van der Waals surface area contributed by atoms with E-state index in [9.17, 15) is 14.0 Å². The minimum atomic E-state index is -0.438. The molecule has 0 radical (unpaired) electrons. The predicted octanol–water partition coefficient (Wildman–Crippen LogP) is 4.73. The molecule has 0 aliphatic heterocycles. The molecule has 1 aliphatic carbocycles. The molecule has 1 saturated carbocycles. The fourth-order valence-corrected chi connectivity index (χ4v) is 4.16. The van der Waals surface area contributed by atoms with Gasteiger partial charge in [0.1, 0.15) is 5.82 Å². The Labute approximate surface area is 183 Å². The molecule has 1 fully saturated rings. The number of rotatable bonds is 10. The molecule has 5 nitrogen and oxygen atoms in total. The number of anilines is 1. The van der Waals surface area contributed by atoms with Crippen molar-refractivity contribution in [2.45, 2.75) is 51.5 Å². The zero-order chi connectivity index (χ0) is 22.1. The van der Waals surface area contributed by atoms with Gasteiger partial charge in [0.25, 0.3) is 5.91 Å². The molecule has 2 aromatic carbocycles. The van der Waals surface area contributed by atoms with E-state index in [2.05, 4.69) is 5.32 Å². The van der Waals surface area contributed by atoms with Crippen LogP contribution in [0.2, 0.25) is 0 Å². The van der Waals surface area contributed by atoms with Gasteiger partial charge in [0.2, 0.25) is 5.91 Å². The number of halogens is 1. The molecule has 0 heterocycles. The van der Waals surface area contributed by atoms with Crippen molar-refractivity contribution in [1.29, 1.82) is 0 Å². The van der Waals surface area contributed by atoms with Crippen LogP contribution in [0.25, 0.3) is 0 Å². The zero-order valence-corrected chi connectivity index (χ0v) is 18.0. The van der Waals surface area contributed by atoms with Crippen molar-refractivity contribution in [2.24, 2.45) is 11.7 Å². The average Bonchev–Trinajstić information content (AvgIpc) is 3.29. The second-order valence-electron chi connectivity index (χ2n) is 8.32. The molecule has 0 unspecified atom stereocenters. The quantitative estimate of drug-likeness (QED) is 0.578. The van der Waals surface area contributed by atoms with Crippen LogP contribution in [0.1, 0.15) is 60.9 Å². The van der Waals surface area contributed by atoms with E-state index in [0.29, 0.717) is 44.0 Å². The summed E-state index contributed by atoms with van der Waals surface area (Å²) in [5.41, 5.74) is 7.58. The lowest BCUT2D eigenvalue weighted by Gasteiger charge is -2.23. The van der Waals surface area contributed by atoms with Crippen LogP contribution in [0.15, 0.2) is 48.5 Å². The topological polar surface area (TPSA) is 75.4 Å². The monoisotopic (exact) mass is 425 g/mol. The molecule has 6 heteroatoms. The van der Waals surface area contributed by atoms with Crippen LogP contribution in [-0.4, -0.2) is 29.8 Å². The van der Waals surface area contributed by atoms with Gasteiger partial charge in [-0.1, -0.05) is 43.9 Å². The van der Waals surface area contributed by atoms with Crippen molar-refractivity contribution in [3.05, 3.63) is 65.5 Å². The molecule has 0 atom stereocenters. The highest BCUT2D eigenvalue weighted by atomic mass is 19.1. The minimum Gasteiger partial charge on any atom is -0.334 e. The Kier molecular flexibility index (Phi) is 8.59. The molecular weight excluding hydrogens is 393 g/mol. The molecule has 1 aliphatic rings. The van der Waals surface area contributed by atoms with Gasteiger partial charge in [-0.3, -0.25) is 9.59 Å². The zero-order valence-electron chi connectivity index (χ0n) is 18.0. The van der Waals surface area contributed by atoms with E-state index in [1.165, 1.54) is 43.9 Å². The molecule has 0 bridgehead atoms. The number of carbonyl (C=O) groups excluding carboxylic acids is 2. The summed E-state index contributed by atoms with van der Waals surface area (Å²) in [5.74, 6) is 0.0350. The van der Waals surface area contributed by atoms with Crippen LogP contribution in [0, 0.1) is 11.7 Å². The number of carbonyl (C=O) groups is 2. The van der Waals surface area contributed by atoms with Gasteiger partial charge >= 0.3 is 0 Å². The fourth-order valence-electron chi connectivity index (χ4n) is 4.16. The van der Waals surface area contributed by atoms with Gasteiger partial charge in [-0.05, 0) is 61.2 Å². The Balaban J connectivity index is 1.62. The molecule has 2 amide bonds. The van der Waals surface area contributed by atoms with Crippen molar-refractivity contribution in [3.63, 3.8) is 0 Å². The Morgan fingerprint density at radius 1 is 1.10 bits per heavy atom. The van der Waals surface area contributed by atoms with Crippen molar-refractivity contribution in [2.75, 3.05) is 18.4 Å². The van der Waals surface area contributed by atoms with Crippen molar-refractivity contribution in [3.8, 4) is 0 Å². The van der Waals surface area contributed by atoms with Gasteiger partial charge in [0.15, 0.2) is 0 Å². The van der Waals surface area contributed by atoms with Gasteiger partial charge in [0.05, 0.1) is 0 Å². The summed E-state index contributed by atoms with van der Waals surface area (Å²) >= 11 is 0. The molecule has 0 aromatic heterocycles. The number of amides is 2. The highest BCUT2D eigenvalue weighted by Crippen LogP contribution is 2.28. The van der Waals surface area contributed by atoms with Crippen molar-refractivity contribution in [1.82, 2.24) is 4.90 Å². The summed E-state index contributed by atoms with van der Waals surface area (Å²) < 4.78 is 13.6. The predicted molar refractivity (Wildman–Crippen MR) is 121 cm³/mol. The molecule has 3 N–H and O–H groups in total. The van der Waals surface area contributed by atoms with E-state index in [0.717, 1.165) is 17.7 Å². The Morgan fingerprint density at radius 2 is 1.87 bits per heavy atom. The van der Waals surface area contributed by atoms with Gasteiger partial charge in [-0.2, -0.15) is 0 Å². The van der Waals surface area contributed by atoms with Crippen molar-refractivity contribution < 1.29 is 14.0 Å². The summed E-state index contributed by atoms with van der Waals surface area (Å²) in [6.45, 7) is 1.30. The molecular formula is C25H32FN3O2. The second kappa shape index (κ2) is 11.6. The molecule has 166 valence electrons. The third-order valence-electron chi connectivity index (χ3n) is 5.83. The minimum absolute atomic E-state index is 0.0277. The first kappa shape index (κ1) is 22.9. The van der Waals surface area contributed by atoms with E-state index in [-0.39, 0.29) is 11.8 Å². The third-order valence-corrected chi connectivity index (χ3v) is 5.83. The largest absolute Gasteiger partial charge is 0.334 e. The summed E-state index contributed by atoms with van der Waals surface area (Å²) in [7, 11) is 0. The van der Waals surface area contributed by atoms with Gasteiger partial charge < -0.3 is 16.0 Å². The first-order valence-corrected chi connectivity index (χ1v) is 11.2. The molecule has 0 spiro atoms. The van der Waals surface area contributed by atoms with Crippen LogP contribution in [0.5, 0.6) is 0 Å². The number of hydrogen-bond donors (Lipinski definition) is 2. The molecule has 31 heavy (non-hydrogen) atoms. The number of hydrogen-bond acceptors (Lipinski definition) is 3. The summed E-state index contributed by atoms with van der Waals surface area (Å²) in [5, 5.41) is 2.98. The Morgan fingerprint density at radius 3 is 2.61 bits per heavy atom. The van der Waals surface area contributed by atoms with Crippen LogP contribution in [-0.2, 0) is 11.3 Å². The summed E-state index contributed by atoms with van der Waals surface area (Å²) in [4.78, 5) is 26.9. The van der Waals surface area contributed by atoms with Gasteiger partial charge in [-0.25, -0.2) is 4.39 Å². The number of nitrogens with one attached hydrogen (secondary N) is 1. The Hall–Kier alpha value is -2.73. The van der Waals surface area contributed by atoms with E-state index >= 15 is 0 Å². The number of benzene rings is 2. The van der Waals surface area contributed by atoms with Crippen LogP contribution in [0.4, 0.5) is 10.1 Å². The summed E-state index contributed by atoms with van der Waals surface area (Å²) in [6, 6.07) is 13.3. The van der Waals surface area contributed by atoms with E-state index in [1.54, 1.807) is 11.0 Å². The SMILES string of the molecule is NCCCN(Cc1cccc(NC(=O)CCC2CCCC2)c1)C(=O)c1cccc(F)c1. The fraction of sp³-hybridized carbons (Fsp3) is 0.440. The lowest BCUT2D eigenvalue weighted by atomic mass is 10.0. The standard InChI is InChI=1S/C25H32FN3O2/c26-22-10-4-9-21(17-22)25(31)29(15-5-14-27)18-20-8-3-11-23(16-20)28-24(30)13-12-19-6-1-2-7-19/h3-4,8-11,16-17,19H,1-2,5-7,12-15,18,27H2,(H,28,30). The van der Waals surface area contributed by atoms with Crippen LogP contribution in [0.3, 0.4) is 0 Å².